The number of methoxy groups -OCH3 is 1. The molecule has 0 fully saturated rings. The first-order chi connectivity index (χ1) is 13.7. The van der Waals surface area contributed by atoms with Gasteiger partial charge in [0.2, 0.25) is 5.13 Å². The molecule has 0 bridgehead atoms. The summed E-state index contributed by atoms with van der Waals surface area (Å²) < 4.78 is 10.7. The highest BCUT2D eigenvalue weighted by Crippen LogP contribution is 2.29. The van der Waals surface area contributed by atoms with Gasteiger partial charge in [0.05, 0.1) is 24.6 Å². The number of ether oxygens (including phenoxy) is 1. The summed E-state index contributed by atoms with van der Waals surface area (Å²) in [5.41, 5.74) is 4.46. The Morgan fingerprint density at radius 2 is 2.11 bits per heavy atom. The molecule has 6 nitrogen and oxygen atoms in total. The molecule has 2 aromatic carbocycles. The minimum atomic E-state index is -0.478. The van der Waals surface area contributed by atoms with Crippen molar-refractivity contribution in [1.82, 2.24) is 4.98 Å². The molecule has 1 N–H and O–H groups in total. The first kappa shape index (κ1) is 18.2. The van der Waals surface area contributed by atoms with E-state index in [4.69, 9.17) is 20.8 Å². The van der Waals surface area contributed by atoms with Crippen molar-refractivity contribution in [3.8, 4) is 17.0 Å². The van der Waals surface area contributed by atoms with E-state index in [2.05, 4.69) is 15.5 Å². The van der Waals surface area contributed by atoms with E-state index in [0.717, 1.165) is 10.9 Å². The van der Waals surface area contributed by atoms with Crippen LogP contribution in [0, 0.1) is 0 Å². The molecule has 0 saturated carbocycles. The summed E-state index contributed by atoms with van der Waals surface area (Å²) in [4.78, 5) is 16.8. The van der Waals surface area contributed by atoms with Crippen molar-refractivity contribution in [2.75, 3.05) is 12.5 Å². The lowest BCUT2D eigenvalue weighted by Gasteiger charge is -2.04. The summed E-state index contributed by atoms with van der Waals surface area (Å²) in [5.74, 6) is 0.510. The Morgan fingerprint density at radius 3 is 2.93 bits per heavy atom. The fraction of sp³-hybridized carbons (Fsp3) is 0.0500. The molecule has 4 aromatic rings. The van der Waals surface area contributed by atoms with Crippen molar-refractivity contribution in [2.45, 2.75) is 0 Å². The van der Waals surface area contributed by atoms with Gasteiger partial charge in [-0.25, -0.2) is 9.78 Å². The summed E-state index contributed by atoms with van der Waals surface area (Å²) in [5, 5.41) is 7.83. The fourth-order valence-corrected chi connectivity index (χ4v) is 3.49. The van der Waals surface area contributed by atoms with E-state index in [1.807, 2.05) is 30.3 Å². The van der Waals surface area contributed by atoms with E-state index >= 15 is 0 Å². The average Bonchev–Trinajstić information content (AvgIpc) is 3.17. The van der Waals surface area contributed by atoms with E-state index in [1.54, 1.807) is 29.8 Å². The van der Waals surface area contributed by atoms with Crippen LogP contribution in [-0.2, 0) is 0 Å². The van der Waals surface area contributed by atoms with Crippen LogP contribution in [0.2, 0.25) is 5.02 Å². The molecule has 0 aliphatic heterocycles. The normalized spacial score (nSPS) is 11.2. The van der Waals surface area contributed by atoms with Gasteiger partial charge in [-0.05, 0) is 18.2 Å². The monoisotopic (exact) mass is 411 g/mol. The van der Waals surface area contributed by atoms with Crippen LogP contribution in [0.3, 0.4) is 0 Å². The van der Waals surface area contributed by atoms with E-state index in [-0.39, 0.29) is 0 Å². The Morgan fingerprint density at radius 1 is 1.25 bits per heavy atom. The van der Waals surface area contributed by atoms with Crippen molar-refractivity contribution in [3.63, 3.8) is 0 Å². The molecule has 0 radical (unpaired) electrons. The fourth-order valence-electron chi connectivity index (χ4n) is 2.64. The summed E-state index contributed by atoms with van der Waals surface area (Å²) in [6, 6.07) is 14.6. The Bertz CT molecular complexity index is 1230. The summed E-state index contributed by atoms with van der Waals surface area (Å²) >= 11 is 7.42. The third-order valence-electron chi connectivity index (χ3n) is 3.99. The quantitative estimate of drug-likeness (QED) is 0.283. The zero-order chi connectivity index (χ0) is 19.5. The van der Waals surface area contributed by atoms with Crippen LogP contribution in [0.15, 0.2) is 68.2 Å². The molecule has 4 rings (SSSR count). The minimum absolute atomic E-state index is 0.375. The number of nitrogens with zero attached hydrogens (tertiary/aromatic N) is 2. The lowest BCUT2D eigenvalue weighted by Crippen LogP contribution is -2.03. The standard InChI is InChI=1S/C20H14ClN3O3S/c1-26-17-8-4-6-12-9-14(19(25)27-18(12)17)16-11-28-20(23-16)24-22-10-13-5-2-3-7-15(13)21/h2-11H,1H3,(H,23,24)/b22-10+. The highest BCUT2D eigenvalue weighted by atomic mass is 35.5. The molecule has 0 amide bonds. The summed E-state index contributed by atoms with van der Waals surface area (Å²) in [7, 11) is 1.53. The first-order valence-electron chi connectivity index (χ1n) is 8.26. The van der Waals surface area contributed by atoms with Crippen LogP contribution in [-0.4, -0.2) is 18.3 Å². The Hall–Kier alpha value is -3.16. The molecule has 140 valence electrons. The van der Waals surface area contributed by atoms with Crippen LogP contribution in [0.5, 0.6) is 5.75 Å². The molecule has 2 heterocycles. The van der Waals surface area contributed by atoms with Gasteiger partial charge in [-0.1, -0.05) is 41.9 Å². The maximum atomic E-state index is 12.4. The number of hydrogen-bond acceptors (Lipinski definition) is 7. The Balaban J connectivity index is 1.60. The van der Waals surface area contributed by atoms with E-state index < -0.39 is 5.63 Å². The van der Waals surface area contributed by atoms with Crippen molar-refractivity contribution >= 4 is 45.3 Å². The number of halogens is 1. The third-order valence-corrected chi connectivity index (χ3v) is 5.08. The number of hydrogen-bond donors (Lipinski definition) is 1. The second-order valence-corrected chi connectivity index (χ2v) is 7.02. The number of thiazole rings is 1. The van der Waals surface area contributed by atoms with Gasteiger partial charge >= 0.3 is 5.63 Å². The highest BCUT2D eigenvalue weighted by Gasteiger charge is 2.13. The average molecular weight is 412 g/mol. The largest absolute Gasteiger partial charge is 0.493 e. The number of hydrazone groups is 1. The van der Waals surface area contributed by atoms with Crippen LogP contribution in [0.1, 0.15) is 5.56 Å². The van der Waals surface area contributed by atoms with Crippen molar-refractivity contribution < 1.29 is 9.15 Å². The number of anilines is 1. The van der Waals surface area contributed by atoms with E-state index in [0.29, 0.717) is 32.7 Å². The second-order valence-electron chi connectivity index (χ2n) is 5.76. The predicted molar refractivity (Wildman–Crippen MR) is 113 cm³/mol. The second kappa shape index (κ2) is 7.84. The van der Waals surface area contributed by atoms with Gasteiger partial charge in [-0.2, -0.15) is 5.10 Å². The first-order valence-corrected chi connectivity index (χ1v) is 9.52. The SMILES string of the molecule is COc1cccc2cc(-c3csc(N/N=C/c4ccccc4Cl)n3)c(=O)oc12. The Labute approximate surface area is 169 Å². The molecular weight excluding hydrogens is 398 g/mol. The van der Waals surface area contributed by atoms with Gasteiger partial charge in [-0.3, -0.25) is 5.43 Å². The minimum Gasteiger partial charge on any atom is -0.493 e. The lowest BCUT2D eigenvalue weighted by molar-refractivity contribution is 0.407. The molecule has 28 heavy (non-hydrogen) atoms. The van der Waals surface area contributed by atoms with E-state index in [9.17, 15) is 4.79 Å². The zero-order valence-electron chi connectivity index (χ0n) is 14.7. The zero-order valence-corrected chi connectivity index (χ0v) is 16.3. The lowest BCUT2D eigenvalue weighted by atomic mass is 10.1. The molecule has 0 unspecified atom stereocenters. The molecular formula is C20H14ClN3O3S. The maximum Gasteiger partial charge on any atom is 0.345 e. The molecule has 8 heteroatoms. The van der Waals surface area contributed by atoms with Crippen molar-refractivity contribution in [3.05, 3.63) is 74.9 Å². The van der Waals surface area contributed by atoms with Crippen molar-refractivity contribution in [1.29, 1.82) is 0 Å². The number of para-hydroxylation sites is 1. The summed E-state index contributed by atoms with van der Waals surface area (Å²) in [6.45, 7) is 0. The molecule has 0 saturated heterocycles. The van der Waals surface area contributed by atoms with Crippen LogP contribution in [0.4, 0.5) is 5.13 Å². The molecule has 0 aliphatic rings. The van der Waals surface area contributed by atoms with Gasteiger partial charge in [0.15, 0.2) is 11.3 Å². The highest BCUT2D eigenvalue weighted by molar-refractivity contribution is 7.14. The molecule has 0 aliphatic carbocycles. The van der Waals surface area contributed by atoms with Gasteiger partial charge in [-0.15, -0.1) is 11.3 Å². The number of benzene rings is 2. The maximum absolute atomic E-state index is 12.4. The third kappa shape index (κ3) is 3.62. The predicted octanol–water partition coefficient (Wildman–Crippen LogP) is 5.02. The number of aromatic nitrogens is 1. The number of rotatable bonds is 5. The van der Waals surface area contributed by atoms with Crippen LogP contribution >= 0.6 is 22.9 Å². The molecule has 0 spiro atoms. The van der Waals surface area contributed by atoms with E-state index in [1.165, 1.54) is 18.4 Å². The Kier molecular flexibility index (Phi) is 5.10. The van der Waals surface area contributed by atoms with Gasteiger partial charge in [0.25, 0.3) is 0 Å². The number of fused-ring (bicyclic) bond motifs is 1. The van der Waals surface area contributed by atoms with Gasteiger partial charge in [0, 0.05) is 21.4 Å². The smallest absolute Gasteiger partial charge is 0.345 e. The topological polar surface area (TPSA) is 76.7 Å². The molecule has 0 atom stereocenters. The summed E-state index contributed by atoms with van der Waals surface area (Å²) in [6.07, 6.45) is 1.61. The molecule has 2 aromatic heterocycles. The van der Waals surface area contributed by atoms with Crippen LogP contribution in [0.25, 0.3) is 22.2 Å². The number of nitrogens with one attached hydrogen (secondary N) is 1. The van der Waals surface area contributed by atoms with Crippen molar-refractivity contribution in [2.24, 2.45) is 5.10 Å². The van der Waals surface area contributed by atoms with Gasteiger partial charge < -0.3 is 9.15 Å². The van der Waals surface area contributed by atoms with Gasteiger partial charge in [0.1, 0.15) is 0 Å². The van der Waals surface area contributed by atoms with Crippen LogP contribution < -0.4 is 15.8 Å².